The standard InChI is InChI=1S/C19H16FN3O.C12H12ClN3/c1-13(14-6-3-2-4-7-14)22-18-11-21-10-17(23-18)16-9-5-8-15(12-24)19(16)20;1-9(10-5-3-2-4-6-10)15-12-8-14-7-11(13)16-12/h2-13H,1H3,(H,22,23);2-9H,1H3,(H,15,16)/t13-;9-/m00/s1. The molecular formula is C31H28ClFN6O. The first kappa shape index (κ1) is 28.3. The molecule has 7 nitrogen and oxygen atoms in total. The first-order valence-electron chi connectivity index (χ1n) is 12.6. The van der Waals surface area contributed by atoms with Gasteiger partial charge in [-0.2, -0.15) is 0 Å². The molecule has 0 aliphatic carbocycles. The smallest absolute Gasteiger partial charge is 0.153 e. The second-order valence-electron chi connectivity index (χ2n) is 8.90. The van der Waals surface area contributed by atoms with E-state index in [1.54, 1.807) is 24.5 Å². The van der Waals surface area contributed by atoms with E-state index in [-0.39, 0.29) is 23.2 Å². The summed E-state index contributed by atoms with van der Waals surface area (Å²) in [5.74, 6) is 0.638. The molecule has 0 bridgehead atoms. The van der Waals surface area contributed by atoms with Gasteiger partial charge in [-0.3, -0.25) is 14.8 Å². The first-order chi connectivity index (χ1) is 19.4. The lowest BCUT2D eigenvalue weighted by atomic mass is 10.1. The molecule has 2 N–H and O–H groups in total. The van der Waals surface area contributed by atoms with Crippen molar-refractivity contribution in [2.24, 2.45) is 0 Å². The zero-order chi connectivity index (χ0) is 28.3. The molecular weight excluding hydrogens is 527 g/mol. The summed E-state index contributed by atoms with van der Waals surface area (Å²) in [7, 11) is 0. The summed E-state index contributed by atoms with van der Waals surface area (Å²) >= 11 is 5.76. The van der Waals surface area contributed by atoms with E-state index in [9.17, 15) is 9.18 Å². The van der Waals surface area contributed by atoms with Crippen molar-refractivity contribution < 1.29 is 9.18 Å². The van der Waals surface area contributed by atoms with Crippen LogP contribution in [0.15, 0.2) is 104 Å². The van der Waals surface area contributed by atoms with Crippen molar-refractivity contribution in [3.8, 4) is 11.3 Å². The zero-order valence-corrected chi connectivity index (χ0v) is 22.8. The summed E-state index contributed by atoms with van der Waals surface area (Å²) in [4.78, 5) is 27.5. The van der Waals surface area contributed by atoms with Gasteiger partial charge in [0.25, 0.3) is 0 Å². The van der Waals surface area contributed by atoms with E-state index in [2.05, 4.69) is 49.6 Å². The van der Waals surface area contributed by atoms with E-state index in [0.717, 1.165) is 5.56 Å². The normalized spacial score (nSPS) is 11.9. The van der Waals surface area contributed by atoms with Crippen LogP contribution >= 0.6 is 11.6 Å². The SMILES string of the molecule is C[C@H](Nc1cncc(-c2cccc(C=O)c2F)n1)c1ccccc1.C[C@H](Nc1cncc(Cl)n1)c1ccccc1. The monoisotopic (exact) mass is 554 g/mol. The van der Waals surface area contributed by atoms with Gasteiger partial charge < -0.3 is 10.6 Å². The number of hydrogen-bond acceptors (Lipinski definition) is 7. The fourth-order valence-electron chi connectivity index (χ4n) is 3.91. The van der Waals surface area contributed by atoms with Gasteiger partial charge in [0.05, 0.1) is 36.0 Å². The predicted molar refractivity (Wildman–Crippen MR) is 157 cm³/mol. The number of hydrogen-bond donors (Lipinski definition) is 2. The molecule has 0 radical (unpaired) electrons. The Balaban J connectivity index is 0.000000201. The fraction of sp³-hybridized carbons (Fsp3) is 0.129. The summed E-state index contributed by atoms with van der Waals surface area (Å²) in [5.41, 5.74) is 2.94. The van der Waals surface area contributed by atoms with Crippen LogP contribution in [0.2, 0.25) is 5.15 Å². The van der Waals surface area contributed by atoms with Gasteiger partial charge in [-0.05, 0) is 37.1 Å². The molecule has 5 aromatic rings. The van der Waals surface area contributed by atoms with Crippen LogP contribution in [0.5, 0.6) is 0 Å². The summed E-state index contributed by atoms with van der Waals surface area (Å²) in [5, 5.41) is 6.89. The number of halogens is 2. The van der Waals surface area contributed by atoms with Crippen molar-refractivity contribution in [1.82, 2.24) is 19.9 Å². The Hall–Kier alpha value is -4.69. The Morgan fingerprint density at radius 3 is 1.82 bits per heavy atom. The molecule has 5 rings (SSSR count). The lowest BCUT2D eigenvalue weighted by Crippen LogP contribution is -2.08. The fourth-order valence-corrected chi connectivity index (χ4v) is 4.06. The third-order valence-corrected chi connectivity index (χ3v) is 6.18. The highest BCUT2D eigenvalue weighted by Crippen LogP contribution is 2.24. The summed E-state index contributed by atoms with van der Waals surface area (Å²) < 4.78 is 14.3. The number of rotatable bonds is 8. The topological polar surface area (TPSA) is 92.7 Å². The van der Waals surface area contributed by atoms with Crippen LogP contribution in [0, 0.1) is 5.82 Å². The van der Waals surface area contributed by atoms with E-state index in [1.165, 1.54) is 24.0 Å². The van der Waals surface area contributed by atoms with Gasteiger partial charge in [0.15, 0.2) is 6.29 Å². The highest BCUT2D eigenvalue weighted by molar-refractivity contribution is 6.29. The Labute approximate surface area is 237 Å². The minimum absolute atomic E-state index is 0.00492. The maximum Gasteiger partial charge on any atom is 0.153 e. The Kier molecular flexibility index (Phi) is 9.85. The largest absolute Gasteiger partial charge is 0.362 e. The summed E-state index contributed by atoms with van der Waals surface area (Å²) in [6.45, 7) is 4.08. The van der Waals surface area contributed by atoms with Crippen LogP contribution < -0.4 is 10.6 Å². The Morgan fingerprint density at radius 2 is 1.27 bits per heavy atom. The van der Waals surface area contributed by atoms with Gasteiger partial charge in [0, 0.05) is 17.6 Å². The second kappa shape index (κ2) is 13.9. The number of aldehydes is 1. The van der Waals surface area contributed by atoms with Gasteiger partial charge >= 0.3 is 0 Å². The van der Waals surface area contributed by atoms with Crippen LogP contribution in [-0.2, 0) is 0 Å². The van der Waals surface area contributed by atoms with Crippen LogP contribution in [0.1, 0.15) is 47.4 Å². The molecule has 0 unspecified atom stereocenters. The average Bonchev–Trinajstić information content (AvgIpc) is 2.99. The van der Waals surface area contributed by atoms with Crippen LogP contribution in [0.3, 0.4) is 0 Å². The number of carbonyl (C=O) groups excluding carboxylic acids is 1. The Bertz CT molecular complexity index is 1540. The number of aromatic nitrogens is 4. The van der Waals surface area contributed by atoms with Crippen molar-refractivity contribution in [1.29, 1.82) is 0 Å². The molecule has 40 heavy (non-hydrogen) atoms. The molecule has 2 atom stereocenters. The van der Waals surface area contributed by atoms with Gasteiger partial charge in [0.2, 0.25) is 0 Å². The number of anilines is 2. The molecule has 202 valence electrons. The highest BCUT2D eigenvalue weighted by atomic mass is 35.5. The third kappa shape index (κ3) is 7.68. The summed E-state index contributed by atoms with van der Waals surface area (Å²) in [6, 6.07) is 24.9. The van der Waals surface area contributed by atoms with Crippen molar-refractivity contribution in [3.63, 3.8) is 0 Å². The lowest BCUT2D eigenvalue weighted by Gasteiger charge is -2.15. The molecule has 3 aromatic carbocycles. The average molecular weight is 555 g/mol. The van der Waals surface area contributed by atoms with Gasteiger partial charge in [-0.25, -0.2) is 14.4 Å². The van der Waals surface area contributed by atoms with Gasteiger partial charge in [0.1, 0.15) is 22.6 Å². The molecule has 0 saturated heterocycles. The second-order valence-corrected chi connectivity index (χ2v) is 9.28. The molecule has 2 aromatic heterocycles. The van der Waals surface area contributed by atoms with Crippen molar-refractivity contribution in [3.05, 3.63) is 131 Å². The lowest BCUT2D eigenvalue weighted by molar-refractivity contribution is 0.112. The number of carbonyl (C=O) groups is 1. The maximum absolute atomic E-state index is 14.3. The van der Waals surface area contributed by atoms with Gasteiger partial charge in [-0.15, -0.1) is 0 Å². The van der Waals surface area contributed by atoms with Crippen LogP contribution in [0.4, 0.5) is 16.0 Å². The van der Waals surface area contributed by atoms with Crippen molar-refractivity contribution in [2.45, 2.75) is 25.9 Å². The molecule has 0 amide bonds. The van der Waals surface area contributed by atoms with Crippen LogP contribution in [-0.4, -0.2) is 26.2 Å². The van der Waals surface area contributed by atoms with E-state index in [0.29, 0.717) is 28.8 Å². The number of nitrogens with zero attached hydrogens (tertiary/aromatic N) is 4. The van der Waals surface area contributed by atoms with Crippen molar-refractivity contribution in [2.75, 3.05) is 10.6 Å². The molecule has 2 heterocycles. The molecule has 0 spiro atoms. The molecule has 0 saturated carbocycles. The molecule has 0 fully saturated rings. The zero-order valence-electron chi connectivity index (χ0n) is 22.0. The highest BCUT2D eigenvalue weighted by Gasteiger charge is 2.13. The van der Waals surface area contributed by atoms with E-state index >= 15 is 0 Å². The Morgan fingerprint density at radius 1 is 0.725 bits per heavy atom. The molecule has 9 heteroatoms. The van der Waals surface area contributed by atoms with Crippen molar-refractivity contribution >= 4 is 29.5 Å². The predicted octanol–water partition coefficient (Wildman–Crippen LogP) is 7.57. The quantitative estimate of drug-likeness (QED) is 0.191. The van der Waals surface area contributed by atoms with E-state index < -0.39 is 5.82 Å². The molecule has 0 aliphatic rings. The van der Waals surface area contributed by atoms with Gasteiger partial charge in [-0.1, -0.05) is 78.3 Å². The first-order valence-corrected chi connectivity index (χ1v) is 13.0. The maximum atomic E-state index is 14.3. The molecule has 0 aliphatic heterocycles. The number of nitrogens with one attached hydrogen (secondary N) is 2. The minimum atomic E-state index is -0.588. The van der Waals surface area contributed by atoms with E-state index in [1.807, 2.05) is 55.5 Å². The third-order valence-electron chi connectivity index (χ3n) is 6.00. The van der Waals surface area contributed by atoms with Crippen LogP contribution in [0.25, 0.3) is 11.3 Å². The summed E-state index contributed by atoms with van der Waals surface area (Å²) in [6.07, 6.45) is 6.73. The minimum Gasteiger partial charge on any atom is -0.362 e. The van der Waals surface area contributed by atoms with E-state index in [4.69, 9.17) is 11.6 Å². The number of benzene rings is 3.